The number of hydrogen-bond donors (Lipinski definition) is 3. The SMILES string of the molecule is CCn1c(-c2cccnc2C(C)C)c2c3cc(ccc31)-c1cc(cc(C(F)F)c1)C[C@H](NC(=O)[C@H](C1CCCC1)N1CC[C@]3(CCNC3)C1)C(=O)N1CCC[C@H](N1)C(=O)OCC(C)(C)C2. The first kappa shape index (κ1) is 45.4. The van der Waals surface area contributed by atoms with Gasteiger partial charge in [-0.05, 0) is 135 Å². The summed E-state index contributed by atoms with van der Waals surface area (Å²) in [6, 6.07) is 12.9. The Morgan fingerprint density at radius 3 is 2.55 bits per heavy atom. The van der Waals surface area contributed by atoms with E-state index in [1.807, 2.05) is 24.4 Å². The summed E-state index contributed by atoms with van der Waals surface area (Å²) in [5.41, 5.74) is 9.71. The van der Waals surface area contributed by atoms with Crippen molar-refractivity contribution in [2.24, 2.45) is 16.7 Å². The Labute approximate surface area is 382 Å². The standard InChI is InChI=1S/C52H67F2N7O4/c1-6-60-43-16-15-35-27-39(43)40(46(60)38-13-9-19-56-44(38)32(2)3)28-51(4,5)31-65-50(64)41-14-10-21-61(58-41)49(63)42(25-33-23-36(35)26-37(24-33)47(53)54)57-48(62)45(34-11-7-8-12-34)59-22-18-52(30-59)17-20-55-29-52/h9,13,15-16,19,23-24,26-27,32,34,41-42,45,47,55,58H,6-8,10-12,14,17-18,20-22,25,28-31H2,1-5H3,(H,57,62)/t41-,42-,45-,52-/m0/s1. The first-order valence-electron chi connectivity index (χ1n) is 24.3. The van der Waals surface area contributed by atoms with Crippen LogP contribution in [0.15, 0.2) is 54.7 Å². The smallest absolute Gasteiger partial charge is 0.324 e. The lowest BCUT2D eigenvalue weighted by atomic mass is 9.83. The van der Waals surface area contributed by atoms with Crippen LogP contribution >= 0.6 is 0 Å². The Balaban J connectivity index is 1.16. The first-order chi connectivity index (χ1) is 31.2. The topological polar surface area (TPSA) is 121 Å². The summed E-state index contributed by atoms with van der Waals surface area (Å²) in [5.74, 6) is -0.717. The molecule has 5 aliphatic rings. The molecule has 3 N–H and O–H groups in total. The molecule has 348 valence electrons. The van der Waals surface area contributed by atoms with Crippen molar-refractivity contribution in [1.82, 2.24) is 35.5 Å². The Bertz CT molecular complexity index is 2420. The zero-order chi connectivity index (χ0) is 45.6. The largest absolute Gasteiger partial charge is 0.464 e. The fourth-order valence-corrected chi connectivity index (χ4v) is 11.8. The number of nitrogens with one attached hydrogen (secondary N) is 3. The highest BCUT2D eigenvalue weighted by atomic mass is 19.3. The van der Waals surface area contributed by atoms with E-state index in [0.29, 0.717) is 43.5 Å². The van der Waals surface area contributed by atoms with Gasteiger partial charge in [-0.2, -0.15) is 0 Å². The van der Waals surface area contributed by atoms with E-state index in [9.17, 15) is 14.4 Å². The van der Waals surface area contributed by atoms with Crippen molar-refractivity contribution in [3.8, 4) is 22.4 Å². The van der Waals surface area contributed by atoms with Gasteiger partial charge >= 0.3 is 5.97 Å². The van der Waals surface area contributed by atoms with E-state index in [2.05, 4.69) is 78.3 Å². The number of cyclic esters (lactones) is 1. The normalized spacial score (nSPS) is 24.9. The quantitative estimate of drug-likeness (QED) is 0.151. The Hall–Kier alpha value is -4.72. The van der Waals surface area contributed by atoms with Crippen LogP contribution in [-0.2, 0) is 38.5 Å². The van der Waals surface area contributed by atoms with Gasteiger partial charge in [0.1, 0.15) is 12.1 Å². The van der Waals surface area contributed by atoms with Crippen molar-refractivity contribution >= 4 is 28.7 Å². The van der Waals surface area contributed by atoms with Gasteiger partial charge in [0.15, 0.2) is 0 Å². The molecule has 6 heterocycles. The maximum atomic E-state index is 15.0. The van der Waals surface area contributed by atoms with E-state index in [-0.39, 0.29) is 41.7 Å². The predicted molar refractivity (Wildman–Crippen MR) is 249 cm³/mol. The lowest BCUT2D eigenvalue weighted by molar-refractivity contribution is -0.155. The lowest BCUT2D eigenvalue weighted by Gasteiger charge is -2.37. The molecule has 2 aromatic carbocycles. The highest BCUT2D eigenvalue weighted by Gasteiger charge is 2.47. The molecular weight excluding hydrogens is 825 g/mol. The first-order valence-corrected chi connectivity index (χ1v) is 24.3. The van der Waals surface area contributed by atoms with Crippen LogP contribution in [0.25, 0.3) is 33.3 Å². The van der Waals surface area contributed by atoms with Gasteiger partial charge in [-0.3, -0.25) is 29.3 Å². The molecule has 1 saturated carbocycles. The summed E-state index contributed by atoms with van der Waals surface area (Å²) in [7, 11) is 0. The molecule has 11 nitrogen and oxygen atoms in total. The Morgan fingerprint density at radius 2 is 1.82 bits per heavy atom. The van der Waals surface area contributed by atoms with Gasteiger partial charge in [-0.25, -0.2) is 14.2 Å². The number of carbonyl (C=O) groups excluding carboxylic acids is 3. The third-order valence-electron chi connectivity index (χ3n) is 15.1. The third kappa shape index (κ3) is 9.22. The number of benzene rings is 2. The maximum Gasteiger partial charge on any atom is 0.324 e. The summed E-state index contributed by atoms with van der Waals surface area (Å²) in [6.07, 6.45) is 6.76. The van der Waals surface area contributed by atoms with Crippen LogP contribution in [-0.4, -0.2) is 94.7 Å². The number of amides is 2. The molecule has 4 atom stereocenters. The second-order valence-electron chi connectivity index (χ2n) is 20.8. The lowest BCUT2D eigenvalue weighted by Crippen LogP contribution is -2.62. The predicted octanol–water partition coefficient (Wildman–Crippen LogP) is 8.34. The van der Waals surface area contributed by atoms with Gasteiger partial charge in [0.2, 0.25) is 5.91 Å². The van der Waals surface area contributed by atoms with Crippen molar-refractivity contribution in [3.63, 3.8) is 0 Å². The molecule has 4 aliphatic heterocycles. The van der Waals surface area contributed by atoms with Crippen molar-refractivity contribution in [1.29, 1.82) is 0 Å². The van der Waals surface area contributed by atoms with Crippen molar-refractivity contribution in [2.75, 3.05) is 39.3 Å². The number of ether oxygens (including phenoxy) is 1. The van der Waals surface area contributed by atoms with Crippen molar-refractivity contribution in [3.05, 3.63) is 77.1 Å². The van der Waals surface area contributed by atoms with Gasteiger partial charge in [-0.1, -0.05) is 58.7 Å². The zero-order valence-corrected chi connectivity index (χ0v) is 38.9. The highest BCUT2D eigenvalue weighted by molar-refractivity contribution is 5.96. The van der Waals surface area contributed by atoms with E-state index in [1.54, 1.807) is 6.07 Å². The average molecular weight is 892 g/mol. The van der Waals surface area contributed by atoms with E-state index >= 15 is 8.78 Å². The minimum Gasteiger partial charge on any atom is -0.464 e. The number of nitrogens with zero attached hydrogens (tertiary/aromatic N) is 4. The number of rotatable bonds is 8. The number of aryl methyl sites for hydroxylation is 1. The number of fused-ring (bicyclic) bond motifs is 6. The second kappa shape index (κ2) is 18.5. The summed E-state index contributed by atoms with van der Waals surface area (Å²) in [6.45, 7) is 15.3. The van der Waals surface area contributed by atoms with Crippen LogP contribution in [0.5, 0.6) is 0 Å². The van der Waals surface area contributed by atoms with Crippen LogP contribution in [0, 0.1) is 16.7 Å². The zero-order valence-electron chi connectivity index (χ0n) is 38.9. The molecule has 6 bridgehead atoms. The molecule has 4 aromatic rings. The average Bonchev–Trinajstić information content (AvgIpc) is 4.13. The number of alkyl halides is 2. The molecule has 2 amide bonds. The van der Waals surface area contributed by atoms with Crippen LogP contribution in [0.3, 0.4) is 0 Å². The fourth-order valence-electron chi connectivity index (χ4n) is 11.8. The molecular formula is C52H67F2N7O4. The van der Waals surface area contributed by atoms with Crippen LogP contribution < -0.4 is 16.1 Å². The molecule has 0 unspecified atom stereocenters. The molecule has 1 spiro atoms. The summed E-state index contributed by atoms with van der Waals surface area (Å²) in [5, 5.41) is 9.20. The number of pyridine rings is 1. The number of esters is 1. The number of hydrogen-bond acceptors (Lipinski definition) is 8. The van der Waals surface area contributed by atoms with Gasteiger partial charge in [0, 0.05) is 66.2 Å². The number of likely N-dealkylation sites (tertiary alicyclic amines) is 1. The monoisotopic (exact) mass is 892 g/mol. The van der Waals surface area contributed by atoms with Crippen LogP contribution in [0.4, 0.5) is 8.78 Å². The van der Waals surface area contributed by atoms with Gasteiger partial charge in [-0.15, -0.1) is 0 Å². The summed E-state index contributed by atoms with van der Waals surface area (Å²) >= 11 is 0. The van der Waals surface area contributed by atoms with Crippen molar-refractivity contribution < 1.29 is 27.9 Å². The Kier molecular flexibility index (Phi) is 12.9. The minimum absolute atomic E-state index is 0.00625. The Morgan fingerprint density at radius 1 is 1.00 bits per heavy atom. The second-order valence-corrected chi connectivity index (χ2v) is 20.8. The molecule has 9 rings (SSSR count). The molecule has 65 heavy (non-hydrogen) atoms. The molecule has 3 saturated heterocycles. The minimum atomic E-state index is -2.77. The number of aromatic nitrogens is 2. The van der Waals surface area contributed by atoms with E-state index in [0.717, 1.165) is 104 Å². The molecule has 2 aromatic heterocycles. The van der Waals surface area contributed by atoms with Gasteiger partial charge < -0.3 is 19.9 Å². The fraction of sp³-hybridized carbons (Fsp3) is 0.577. The van der Waals surface area contributed by atoms with E-state index in [1.165, 1.54) is 11.1 Å². The van der Waals surface area contributed by atoms with Crippen molar-refractivity contribution in [2.45, 2.75) is 136 Å². The van der Waals surface area contributed by atoms with Gasteiger partial charge in [0.05, 0.1) is 24.0 Å². The molecule has 4 fully saturated rings. The van der Waals surface area contributed by atoms with Crippen LogP contribution in [0.2, 0.25) is 0 Å². The third-order valence-corrected chi connectivity index (χ3v) is 15.1. The van der Waals surface area contributed by atoms with Crippen LogP contribution in [0.1, 0.15) is 121 Å². The molecule has 13 heteroatoms. The number of carbonyl (C=O) groups is 3. The van der Waals surface area contributed by atoms with E-state index in [4.69, 9.17) is 9.72 Å². The van der Waals surface area contributed by atoms with Gasteiger partial charge in [0.25, 0.3) is 12.3 Å². The number of hydrazine groups is 1. The summed E-state index contributed by atoms with van der Waals surface area (Å²) in [4.78, 5) is 51.0. The molecule has 0 radical (unpaired) electrons. The number of halogens is 2. The maximum absolute atomic E-state index is 15.0. The molecule has 1 aliphatic carbocycles. The highest BCUT2D eigenvalue weighted by Crippen LogP contribution is 2.43. The van der Waals surface area contributed by atoms with E-state index < -0.39 is 41.8 Å². The summed E-state index contributed by atoms with van der Waals surface area (Å²) < 4.78 is 38.5.